The molecule has 1 saturated carbocycles. The fraction of sp³-hybridized carbons (Fsp3) is 1.00. The Morgan fingerprint density at radius 1 is 0.489 bits per heavy atom. The first-order chi connectivity index (χ1) is 22.0. The van der Waals surface area contributed by atoms with Crippen LogP contribution < -0.4 is 0 Å². The maximum absolute atomic E-state index is 8.58. The van der Waals surface area contributed by atoms with Crippen molar-refractivity contribution in [1.29, 1.82) is 0 Å². The van der Waals surface area contributed by atoms with Gasteiger partial charge in [-0.1, -0.05) is 34.1 Å². The summed E-state index contributed by atoms with van der Waals surface area (Å²) in [4.78, 5) is 0. The second-order valence-corrected chi connectivity index (χ2v) is 12.5. The molecule has 1 rings (SSSR count). The first kappa shape index (κ1) is 42.6. The number of aliphatic hydroxyl groups is 1. The molecule has 270 valence electrons. The average Bonchev–Trinajstić information content (AvgIpc) is 3.03. The zero-order valence-electron chi connectivity index (χ0n) is 29.1. The molecule has 0 bridgehead atoms. The zero-order valence-corrected chi connectivity index (χ0v) is 29.1. The molecule has 1 N–H and O–H groups in total. The summed E-state index contributed by atoms with van der Waals surface area (Å²) >= 11 is 0. The molecule has 0 unspecified atom stereocenters. The molecule has 0 saturated heterocycles. The van der Waals surface area contributed by atoms with Gasteiger partial charge in [-0.05, 0) is 49.4 Å². The Labute approximate surface area is 274 Å². The molecule has 1 fully saturated rings. The van der Waals surface area contributed by atoms with Crippen LogP contribution in [-0.4, -0.2) is 143 Å². The molecule has 1 aliphatic rings. The molecule has 0 amide bonds. The van der Waals surface area contributed by atoms with Crippen molar-refractivity contribution in [2.24, 2.45) is 17.3 Å². The fourth-order valence-electron chi connectivity index (χ4n) is 5.08. The highest BCUT2D eigenvalue weighted by atomic mass is 16.6. The van der Waals surface area contributed by atoms with Crippen LogP contribution in [0.1, 0.15) is 66.2 Å². The number of aliphatic hydroxyl groups excluding tert-OH is 1. The van der Waals surface area contributed by atoms with E-state index in [1.54, 1.807) is 0 Å². The molecule has 0 spiro atoms. The van der Waals surface area contributed by atoms with E-state index in [1.807, 2.05) is 0 Å². The zero-order chi connectivity index (χ0) is 32.7. The molecule has 45 heavy (non-hydrogen) atoms. The third-order valence-corrected chi connectivity index (χ3v) is 7.94. The van der Waals surface area contributed by atoms with Crippen LogP contribution in [0.2, 0.25) is 0 Å². The minimum Gasteiger partial charge on any atom is -0.394 e. The van der Waals surface area contributed by atoms with Crippen LogP contribution in [0.5, 0.6) is 0 Å². The summed E-state index contributed by atoms with van der Waals surface area (Å²) in [5.41, 5.74) is 0.443. The number of hydrogen-bond donors (Lipinski definition) is 1. The lowest BCUT2D eigenvalue weighted by Crippen LogP contribution is -2.31. The highest BCUT2D eigenvalue weighted by molar-refractivity contribution is 4.84. The summed E-state index contributed by atoms with van der Waals surface area (Å²) in [5, 5.41) is 8.58. The van der Waals surface area contributed by atoms with Crippen LogP contribution >= 0.6 is 0 Å². The Morgan fingerprint density at radius 2 is 0.800 bits per heavy atom. The van der Waals surface area contributed by atoms with Crippen molar-refractivity contribution in [3.8, 4) is 0 Å². The lowest BCUT2D eigenvalue weighted by atomic mass is 9.68. The van der Waals surface area contributed by atoms with E-state index >= 15 is 0 Å². The van der Waals surface area contributed by atoms with Gasteiger partial charge in [0, 0.05) is 0 Å². The maximum Gasteiger partial charge on any atom is 0.0704 e. The van der Waals surface area contributed by atoms with Gasteiger partial charge in [-0.25, -0.2) is 0 Å². The minimum absolute atomic E-state index is 0.0298. The molecule has 0 aromatic carbocycles. The predicted molar refractivity (Wildman–Crippen MR) is 174 cm³/mol. The molecule has 0 aromatic rings. The van der Waals surface area contributed by atoms with Crippen molar-refractivity contribution < 1.29 is 52.5 Å². The normalized spacial score (nSPS) is 17.5. The number of rotatable bonds is 34. The van der Waals surface area contributed by atoms with Crippen LogP contribution in [0.25, 0.3) is 0 Å². The smallest absolute Gasteiger partial charge is 0.0704 e. The van der Waals surface area contributed by atoms with E-state index in [2.05, 4.69) is 27.7 Å². The summed E-state index contributed by atoms with van der Waals surface area (Å²) < 4.78 is 55.1. The molecular formula is C34H68O11. The van der Waals surface area contributed by atoms with Crippen molar-refractivity contribution in [3.63, 3.8) is 0 Å². The summed E-state index contributed by atoms with van der Waals surface area (Å²) in [7, 11) is 0. The number of hydrogen-bond acceptors (Lipinski definition) is 11. The van der Waals surface area contributed by atoms with Crippen molar-refractivity contribution in [2.45, 2.75) is 72.3 Å². The van der Waals surface area contributed by atoms with Crippen molar-refractivity contribution in [3.05, 3.63) is 0 Å². The predicted octanol–water partition coefficient (Wildman–Crippen LogP) is 4.17. The lowest BCUT2D eigenvalue weighted by Gasteiger charge is -2.39. The molecule has 1 aliphatic carbocycles. The summed E-state index contributed by atoms with van der Waals surface area (Å²) in [6.07, 6.45) is 7.96. The van der Waals surface area contributed by atoms with Gasteiger partial charge < -0.3 is 52.5 Å². The molecule has 0 heterocycles. The van der Waals surface area contributed by atoms with Crippen molar-refractivity contribution in [2.75, 3.05) is 132 Å². The van der Waals surface area contributed by atoms with Gasteiger partial charge in [0.05, 0.1) is 138 Å². The average molecular weight is 653 g/mol. The second-order valence-electron chi connectivity index (χ2n) is 12.5. The van der Waals surface area contributed by atoms with E-state index < -0.39 is 0 Å². The third kappa shape index (κ3) is 27.2. The third-order valence-electron chi connectivity index (χ3n) is 7.94. The first-order valence-corrected chi connectivity index (χ1v) is 17.4. The van der Waals surface area contributed by atoms with E-state index in [4.69, 9.17) is 52.5 Å². The maximum atomic E-state index is 8.58. The second kappa shape index (κ2) is 30.9. The Hall–Kier alpha value is -0.440. The Morgan fingerprint density at radius 3 is 1.11 bits per heavy atom. The fourth-order valence-corrected chi connectivity index (χ4v) is 5.08. The SMILES string of the molecule is CC(C)CCC(C)(C)C1CCC(OCCOCCOCCOCCOCCOCCOCCOCCOCCOCCO)CC1. The monoisotopic (exact) mass is 652 g/mol. The first-order valence-electron chi connectivity index (χ1n) is 17.4. The van der Waals surface area contributed by atoms with E-state index in [-0.39, 0.29) is 6.61 Å². The Balaban J connectivity index is 1.71. The van der Waals surface area contributed by atoms with Crippen LogP contribution in [0.3, 0.4) is 0 Å². The van der Waals surface area contributed by atoms with Crippen LogP contribution in [0, 0.1) is 17.3 Å². The van der Waals surface area contributed by atoms with Gasteiger partial charge in [0.1, 0.15) is 0 Å². The molecule has 11 heteroatoms. The molecule has 0 aliphatic heterocycles. The van der Waals surface area contributed by atoms with E-state index in [1.165, 1.54) is 38.5 Å². The quantitative estimate of drug-likeness (QED) is 0.101. The lowest BCUT2D eigenvalue weighted by molar-refractivity contribution is -0.0402. The largest absolute Gasteiger partial charge is 0.394 e. The van der Waals surface area contributed by atoms with Gasteiger partial charge in [0.15, 0.2) is 0 Å². The van der Waals surface area contributed by atoms with Gasteiger partial charge in [0.2, 0.25) is 0 Å². The molecule has 0 aromatic heterocycles. The van der Waals surface area contributed by atoms with Gasteiger partial charge in [-0.3, -0.25) is 0 Å². The molecule has 11 nitrogen and oxygen atoms in total. The van der Waals surface area contributed by atoms with Gasteiger partial charge in [0.25, 0.3) is 0 Å². The number of ether oxygens (including phenoxy) is 10. The molecule has 0 atom stereocenters. The molecular weight excluding hydrogens is 584 g/mol. The highest BCUT2D eigenvalue weighted by Gasteiger charge is 2.33. The van der Waals surface area contributed by atoms with E-state index in [0.29, 0.717) is 137 Å². The summed E-state index contributed by atoms with van der Waals surface area (Å²) in [6, 6.07) is 0. The topological polar surface area (TPSA) is 113 Å². The van der Waals surface area contributed by atoms with Crippen LogP contribution in [0.4, 0.5) is 0 Å². The Kier molecular flexibility index (Phi) is 29.2. The Bertz CT molecular complexity index is 601. The van der Waals surface area contributed by atoms with Gasteiger partial charge in [-0.15, -0.1) is 0 Å². The van der Waals surface area contributed by atoms with Crippen molar-refractivity contribution in [1.82, 2.24) is 0 Å². The summed E-state index contributed by atoms with van der Waals surface area (Å²) in [5.74, 6) is 1.61. The van der Waals surface area contributed by atoms with Crippen LogP contribution in [-0.2, 0) is 47.4 Å². The van der Waals surface area contributed by atoms with E-state index in [9.17, 15) is 0 Å². The van der Waals surface area contributed by atoms with E-state index in [0.717, 1.165) is 11.8 Å². The minimum atomic E-state index is 0.0298. The van der Waals surface area contributed by atoms with Gasteiger partial charge in [-0.2, -0.15) is 0 Å². The molecule has 0 radical (unpaired) electrons. The summed E-state index contributed by atoms with van der Waals surface area (Å²) in [6.45, 7) is 19.6. The van der Waals surface area contributed by atoms with Gasteiger partial charge >= 0.3 is 0 Å². The van der Waals surface area contributed by atoms with Crippen molar-refractivity contribution >= 4 is 0 Å². The highest BCUT2D eigenvalue weighted by Crippen LogP contribution is 2.42. The van der Waals surface area contributed by atoms with Crippen LogP contribution in [0.15, 0.2) is 0 Å². The standard InChI is InChI=1S/C34H68O11/c1-31(2)9-10-34(3,4)32-5-7-33(8-6-32)45-30-29-44-28-27-43-26-25-42-24-23-41-22-21-40-20-19-39-18-17-38-16-15-37-14-13-36-12-11-35/h31-33,35H,5-30H2,1-4H3.